The first-order valence-electron chi connectivity index (χ1n) is 6.55. The van der Waals surface area contributed by atoms with Crippen molar-refractivity contribution in [2.45, 2.75) is 0 Å². The van der Waals surface area contributed by atoms with Crippen molar-refractivity contribution in [3.8, 4) is 5.69 Å². The Bertz CT molecular complexity index is 864. The maximum Gasteiger partial charge on any atom is 0.176 e. The summed E-state index contributed by atoms with van der Waals surface area (Å²) < 4.78 is 3.77. The summed E-state index contributed by atoms with van der Waals surface area (Å²) in [7, 11) is 0. The third-order valence-corrected chi connectivity index (χ3v) is 3.21. The number of hydrogen-bond donors (Lipinski definition) is 1. The van der Waals surface area contributed by atoms with E-state index in [1.807, 2.05) is 64.1 Å². The summed E-state index contributed by atoms with van der Waals surface area (Å²) in [5, 5.41) is 0. The van der Waals surface area contributed by atoms with Crippen LogP contribution in [0.5, 0.6) is 0 Å². The molecule has 0 aliphatic carbocycles. The number of imidazole rings is 1. The van der Waals surface area contributed by atoms with Gasteiger partial charge in [0.05, 0.1) is 0 Å². The summed E-state index contributed by atoms with van der Waals surface area (Å²) in [4.78, 5) is 13.1. The number of aromatic nitrogens is 5. The van der Waals surface area contributed by atoms with Crippen LogP contribution >= 0.6 is 0 Å². The molecule has 6 nitrogen and oxygen atoms in total. The minimum atomic E-state index is 0.672. The van der Waals surface area contributed by atoms with Gasteiger partial charge in [-0.2, -0.15) is 0 Å². The number of para-hydroxylation sites is 1. The monoisotopic (exact) mass is 276 g/mol. The number of anilines is 1. The lowest BCUT2D eigenvalue weighted by Gasteiger charge is -2.07. The van der Waals surface area contributed by atoms with Crippen molar-refractivity contribution in [2.24, 2.45) is 0 Å². The van der Waals surface area contributed by atoms with Gasteiger partial charge in [0.2, 0.25) is 0 Å². The molecule has 1 N–H and O–H groups in total. The van der Waals surface area contributed by atoms with Crippen LogP contribution in [0.15, 0.2) is 67.5 Å². The Labute approximate surface area is 120 Å². The SMILES string of the molecule is c1ccc(-n2cnc3c(Nn4cccc4)ncnc32)cc1. The van der Waals surface area contributed by atoms with Crippen molar-refractivity contribution in [3.63, 3.8) is 0 Å². The van der Waals surface area contributed by atoms with E-state index in [2.05, 4.69) is 20.4 Å². The van der Waals surface area contributed by atoms with Crippen molar-refractivity contribution in [1.29, 1.82) is 0 Å². The number of hydrogen-bond acceptors (Lipinski definition) is 4. The third kappa shape index (κ3) is 2.02. The van der Waals surface area contributed by atoms with E-state index in [0.717, 1.165) is 16.9 Å². The number of fused-ring (bicyclic) bond motifs is 1. The van der Waals surface area contributed by atoms with Gasteiger partial charge in [0.25, 0.3) is 0 Å². The molecule has 3 aromatic heterocycles. The van der Waals surface area contributed by atoms with E-state index in [4.69, 9.17) is 0 Å². The van der Waals surface area contributed by atoms with Crippen molar-refractivity contribution in [1.82, 2.24) is 24.2 Å². The lowest BCUT2D eigenvalue weighted by atomic mass is 10.3. The molecule has 0 bridgehead atoms. The predicted molar refractivity (Wildman–Crippen MR) is 80.1 cm³/mol. The fourth-order valence-corrected chi connectivity index (χ4v) is 2.23. The van der Waals surface area contributed by atoms with Gasteiger partial charge in [0.15, 0.2) is 17.0 Å². The second-order valence-corrected chi connectivity index (χ2v) is 4.55. The molecule has 1 aromatic carbocycles. The Balaban J connectivity index is 1.83. The molecular formula is C15H12N6. The molecule has 6 heteroatoms. The highest BCUT2D eigenvalue weighted by atomic mass is 15.4. The first kappa shape index (κ1) is 11.7. The molecule has 0 unspecified atom stereocenters. The molecule has 0 saturated heterocycles. The molecule has 0 amide bonds. The number of benzene rings is 1. The zero-order chi connectivity index (χ0) is 14.1. The first-order valence-corrected chi connectivity index (χ1v) is 6.55. The minimum Gasteiger partial charge on any atom is -0.283 e. The van der Waals surface area contributed by atoms with Gasteiger partial charge in [-0.15, -0.1) is 0 Å². The van der Waals surface area contributed by atoms with Gasteiger partial charge in [0, 0.05) is 18.1 Å². The highest BCUT2D eigenvalue weighted by molar-refractivity contribution is 5.83. The average molecular weight is 276 g/mol. The van der Waals surface area contributed by atoms with Crippen molar-refractivity contribution < 1.29 is 0 Å². The maximum absolute atomic E-state index is 4.44. The zero-order valence-corrected chi connectivity index (χ0v) is 11.1. The molecule has 0 saturated carbocycles. The van der Waals surface area contributed by atoms with Gasteiger partial charge >= 0.3 is 0 Å². The molecule has 0 spiro atoms. The molecule has 0 aliphatic heterocycles. The number of rotatable bonds is 3. The molecule has 102 valence electrons. The highest BCUT2D eigenvalue weighted by Crippen LogP contribution is 2.20. The van der Waals surface area contributed by atoms with Crippen LogP contribution < -0.4 is 5.43 Å². The standard InChI is InChI=1S/C15H12N6/c1-2-6-12(7-3-1)21-11-18-13-14(16-10-17-15(13)21)19-20-8-4-5-9-20/h1-11H,(H,16,17,19). The van der Waals surface area contributed by atoms with Crippen LogP contribution in [0, 0.1) is 0 Å². The summed E-state index contributed by atoms with van der Waals surface area (Å²) in [5.74, 6) is 0.672. The van der Waals surface area contributed by atoms with E-state index in [0.29, 0.717) is 5.82 Å². The van der Waals surface area contributed by atoms with Crippen LogP contribution in [-0.4, -0.2) is 24.2 Å². The third-order valence-electron chi connectivity index (χ3n) is 3.21. The smallest absolute Gasteiger partial charge is 0.176 e. The van der Waals surface area contributed by atoms with Gasteiger partial charge in [0.1, 0.15) is 12.7 Å². The van der Waals surface area contributed by atoms with E-state index in [1.54, 1.807) is 6.33 Å². The Morgan fingerprint density at radius 3 is 2.48 bits per heavy atom. The maximum atomic E-state index is 4.44. The molecule has 0 atom stereocenters. The Kier molecular flexibility index (Phi) is 2.64. The summed E-state index contributed by atoms with van der Waals surface area (Å²) >= 11 is 0. The Morgan fingerprint density at radius 1 is 0.857 bits per heavy atom. The van der Waals surface area contributed by atoms with Gasteiger partial charge in [-0.25, -0.2) is 15.0 Å². The second-order valence-electron chi connectivity index (χ2n) is 4.55. The van der Waals surface area contributed by atoms with Gasteiger partial charge in [-0.3, -0.25) is 14.7 Å². The molecule has 21 heavy (non-hydrogen) atoms. The van der Waals surface area contributed by atoms with Crippen LogP contribution in [-0.2, 0) is 0 Å². The average Bonchev–Trinajstić information content (AvgIpc) is 3.18. The van der Waals surface area contributed by atoms with Crippen molar-refractivity contribution in [2.75, 3.05) is 5.43 Å². The molecule has 0 fully saturated rings. The lowest BCUT2D eigenvalue weighted by molar-refractivity contribution is 0.951. The van der Waals surface area contributed by atoms with Gasteiger partial charge < -0.3 is 0 Å². The van der Waals surface area contributed by atoms with E-state index >= 15 is 0 Å². The normalized spacial score (nSPS) is 10.9. The van der Waals surface area contributed by atoms with Crippen molar-refractivity contribution in [3.05, 3.63) is 67.5 Å². The molecule has 3 heterocycles. The number of nitrogens with zero attached hydrogens (tertiary/aromatic N) is 5. The summed E-state index contributed by atoms with van der Waals surface area (Å²) in [6, 6.07) is 13.9. The second kappa shape index (κ2) is 4.75. The van der Waals surface area contributed by atoms with E-state index in [9.17, 15) is 0 Å². The van der Waals surface area contributed by atoms with Crippen LogP contribution in [0.3, 0.4) is 0 Å². The quantitative estimate of drug-likeness (QED) is 0.624. The predicted octanol–water partition coefficient (Wildman–Crippen LogP) is 2.49. The van der Waals surface area contributed by atoms with Gasteiger partial charge in [-0.1, -0.05) is 18.2 Å². The molecule has 0 radical (unpaired) electrons. The first-order chi connectivity index (χ1) is 10.4. The summed E-state index contributed by atoms with van der Waals surface area (Å²) in [6.45, 7) is 0. The number of nitrogens with one attached hydrogen (secondary N) is 1. The Hall–Kier alpha value is -3.15. The van der Waals surface area contributed by atoms with Crippen LogP contribution in [0.4, 0.5) is 5.82 Å². The highest BCUT2D eigenvalue weighted by Gasteiger charge is 2.10. The zero-order valence-electron chi connectivity index (χ0n) is 11.1. The van der Waals surface area contributed by atoms with E-state index in [1.165, 1.54) is 6.33 Å². The fraction of sp³-hybridized carbons (Fsp3) is 0. The molecule has 4 rings (SSSR count). The molecule has 4 aromatic rings. The largest absolute Gasteiger partial charge is 0.283 e. The van der Waals surface area contributed by atoms with E-state index in [-0.39, 0.29) is 0 Å². The summed E-state index contributed by atoms with van der Waals surface area (Å²) in [5.41, 5.74) is 5.70. The van der Waals surface area contributed by atoms with Gasteiger partial charge in [-0.05, 0) is 24.3 Å². The minimum absolute atomic E-state index is 0.672. The van der Waals surface area contributed by atoms with Crippen LogP contribution in [0.1, 0.15) is 0 Å². The Morgan fingerprint density at radius 2 is 1.67 bits per heavy atom. The van der Waals surface area contributed by atoms with E-state index < -0.39 is 0 Å². The van der Waals surface area contributed by atoms with Crippen LogP contribution in [0.2, 0.25) is 0 Å². The van der Waals surface area contributed by atoms with Crippen LogP contribution in [0.25, 0.3) is 16.9 Å². The summed E-state index contributed by atoms with van der Waals surface area (Å²) in [6.07, 6.45) is 7.11. The fourth-order valence-electron chi connectivity index (χ4n) is 2.23. The topological polar surface area (TPSA) is 60.6 Å². The van der Waals surface area contributed by atoms with Crippen molar-refractivity contribution >= 4 is 17.0 Å². The molecular weight excluding hydrogens is 264 g/mol. The lowest BCUT2D eigenvalue weighted by Crippen LogP contribution is -2.08. The molecule has 0 aliphatic rings.